The number of benzene rings is 3. The highest BCUT2D eigenvalue weighted by molar-refractivity contribution is 7.80. The fourth-order valence-corrected chi connectivity index (χ4v) is 5.93. The first-order valence-corrected chi connectivity index (χ1v) is 12.8. The van der Waals surface area contributed by atoms with Gasteiger partial charge in [0.15, 0.2) is 5.11 Å². The molecule has 0 amide bonds. The normalized spacial score (nSPS) is 17.4. The molecule has 3 aromatic carbocycles. The molecule has 1 fully saturated rings. The molecule has 4 nitrogen and oxygen atoms in total. The van der Waals surface area contributed by atoms with Crippen LogP contribution in [0.2, 0.25) is 0 Å². The van der Waals surface area contributed by atoms with Gasteiger partial charge >= 0.3 is 0 Å². The van der Waals surface area contributed by atoms with Crippen LogP contribution in [0.15, 0.2) is 91.1 Å². The number of nitrogens with one attached hydrogen (secondary N) is 1. The smallest absolute Gasteiger partial charge is 0.174 e. The van der Waals surface area contributed by atoms with E-state index in [0.29, 0.717) is 10.7 Å². The number of hydrogen-bond acceptors (Lipinski definition) is 2. The standard InChI is InChI=1S/C31H27FN4S/c1-19-17-23(14-15-26(19)32)36-30(29(34-31(36)37)27-12-6-7-16-33-27)25-18-20(2)35(21(25)3)28-13-8-10-22-9-4-5-11-24(22)28/h4-18,29-30H,1-3H3,(H,34,37)/t29-,30+/m0/s1. The van der Waals surface area contributed by atoms with Crippen molar-refractivity contribution < 1.29 is 4.39 Å². The molecule has 5 aromatic rings. The summed E-state index contributed by atoms with van der Waals surface area (Å²) in [5, 5.41) is 6.52. The number of hydrogen-bond donors (Lipinski definition) is 1. The molecule has 0 radical (unpaired) electrons. The molecule has 0 unspecified atom stereocenters. The predicted octanol–water partition coefficient (Wildman–Crippen LogP) is 7.27. The Morgan fingerprint density at radius 2 is 1.68 bits per heavy atom. The van der Waals surface area contributed by atoms with Gasteiger partial charge < -0.3 is 14.8 Å². The fourth-order valence-electron chi connectivity index (χ4n) is 5.59. The van der Waals surface area contributed by atoms with Gasteiger partial charge in [-0.05, 0) is 92.0 Å². The number of aromatic nitrogens is 2. The van der Waals surface area contributed by atoms with Crippen LogP contribution in [0.3, 0.4) is 0 Å². The first kappa shape index (κ1) is 23.4. The first-order valence-electron chi connectivity index (χ1n) is 12.4. The molecule has 0 bridgehead atoms. The Balaban J connectivity index is 1.55. The van der Waals surface area contributed by atoms with Gasteiger partial charge in [0.2, 0.25) is 0 Å². The summed E-state index contributed by atoms with van der Waals surface area (Å²) in [7, 11) is 0. The third-order valence-electron chi connectivity index (χ3n) is 7.31. The monoisotopic (exact) mass is 506 g/mol. The molecular formula is C31H27FN4S. The van der Waals surface area contributed by atoms with Gasteiger partial charge in [-0.25, -0.2) is 4.39 Å². The Kier molecular flexibility index (Phi) is 5.76. The van der Waals surface area contributed by atoms with Crippen LogP contribution in [-0.2, 0) is 0 Å². The summed E-state index contributed by atoms with van der Waals surface area (Å²) in [6, 6.07) is 27.9. The van der Waals surface area contributed by atoms with Crippen LogP contribution >= 0.6 is 12.2 Å². The number of anilines is 1. The lowest BCUT2D eigenvalue weighted by Crippen LogP contribution is -2.29. The average molecular weight is 507 g/mol. The topological polar surface area (TPSA) is 33.1 Å². The molecule has 6 rings (SSSR count). The van der Waals surface area contributed by atoms with Crippen molar-refractivity contribution in [2.45, 2.75) is 32.9 Å². The van der Waals surface area contributed by atoms with E-state index in [4.69, 9.17) is 12.2 Å². The van der Waals surface area contributed by atoms with E-state index in [1.807, 2.05) is 24.3 Å². The van der Waals surface area contributed by atoms with Gasteiger partial charge in [-0.1, -0.05) is 42.5 Å². The minimum absolute atomic E-state index is 0.165. The summed E-state index contributed by atoms with van der Waals surface area (Å²) in [5.74, 6) is -0.228. The number of fused-ring (bicyclic) bond motifs is 1. The zero-order chi connectivity index (χ0) is 25.7. The maximum absolute atomic E-state index is 14.2. The fraction of sp³-hybridized carbons (Fsp3) is 0.161. The second-order valence-corrected chi connectivity index (χ2v) is 9.98. The number of rotatable bonds is 4. The number of aryl methyl sites for hydroxylation is 2. The summed E-state index contributed by atoms with van der Waals surface area (Å²) in [6.07, 6.45) is 1.81. The number of nitrogens with zero attached hydrogens (tertiary/aromatic N) is 3. The zero-order valence-corrected chi connectivity index (χ0v) is 21.8. The molecule has 2 aromatic heterocycles. The van der Waals surface area contributed by atoms with Crippen LogP contribution in [0, 0.1) is 26.6 Å². The van der Waals surface area contributed by atoms with Gasteiger partial charge in [-0.3, -0.25) is 4.98 Å². The van der Waals surface area contributed by atoms with Gasteiger partial charge in [0.1, 0.15) is 5.82 Å². The molecule has 1 saturated heterocycles. The second kappa shape index (κ2) is 9.12. The molecule has 2 atom stereocenters. The van der Waals surface area contributed by atoms with E-state index in [1.54, 1.807) is 19.2 Å². The van der Waals surface area contributed by atoms with Crippen LogP contribution in [0.1, 0.15) is 40.3 Å². The highest BCUT2D eigenvalue weighted by Crippen LogP contribution is 2.44. The molecular weight excluding hydrogens is 479 g/mol. The Morgan fingerprint density at radius 3 is 2.46 bits per heavy atom. The highest BCUT2D eigenvalue weighted by atomic mass is 32.1. The van der Waals surface area contributed by atoms with Crippen molar-refractivity contribution in [1.82, 2.24) is 14.9 Å². The Morgan fingerprint density at radius 1 is 0.892 bits per heavy atom. The minimum atomic E-state index is -0.228. The van der Waals surface area contributed by atoms with Crippen molar-refractivity contribution >= 4 is 33.8 Å². The van der Waals surface area contributed by atoms with Crippen LogP contribution in [0.4, 0.5) is 10.1 Å². The summed E-state index contributed by atoms with van der Waals surface area (Å²) in [5.41, 5.74) is 6.91. The van der Waals surface area contributed by atoms with Crippen LogP contribution in [0.25, 0.3) is 16.5 Å². The maximum Gasteiger partial charge on any atom is 0.174 e. The van der Waals surface area contributed by atoms with Crippen molar-refractivity contribution in [3.63, 3.8) is 0 Å². The van der Waals surface area contributed by atoms with Crippen molar-refractivity contribution in [2.75, 3.05) is 4.90 Å². The predicted molar refractivity (Wildman–Crippen MR) is 152 cm³/mol. The van der Waals surface area contributed by atoms with E-state index in [2.05, 4.69) is 82.1 Å². The molecule has 0 saturated carbocycles. The highest BCUT2D eigenvalue weighted by Gasteiger charge is 2.42. The van der Waals surface area contributed by atoms with Crippen LogP contribution < -0.4 is 10.2 Å². The number of thiocarbonyl (C=S) groups is 1. The Labute approximate surface area is 221 Å². The molecule has 0 aliphatic carbocycles. The van der Waals surface area contributed by atoms with E-state index in [1.165, 1.54) is 16.8 Å². The lowest BCUT2D eigenvalue weighted by Gasteiger charge is -2.28. The van der Waals surface area contributed by atoms with Gasteiger partial charge in [0, 0.05) is 28.7 Å². The summed E-state index contributed by atoms with van der Waals surface area (Å²) >= 11 is 5.88. The van der Waals surface area contributed by atoms with Crippen molar-refractivity contribution in [3.8, 4) is 5.69 Å². The molecule has 1 aliphatic rings. The molecule has 0 spiro atoms. The summed E-state index contributed by atoms with van der Waals surface area (Å²) in [4.78, 5) is 6.78. The van der Waals surface area contributed by atoms with E-state index >= 15 is 0 Å². The molecule has 3 heterocycles. The lowest BCUT2D eigenvalue weighted by atomic mass is 9.96. The minimum Gasteiger partial charge on any atom is -0.351 e. The summed E-state index contributed by atoms with van der Waals surface area (Å²) in [6.45, 7) is 6.08. The second-order valence-electron chi connectivity index (χ2n) is 9.59. The molecule has 37 heavy (non-hydrogen) atoms. The summed E-state index contributed by atoms with van der Waals surface area (Å²) < 4.78 is 16.5. The third kappa shape index (κ3) is 3.89. The molecule has 6 heteroatoms. The zero-order valence-electron chi connectivity index (χ0n) is 20.9. The van der Waals surface area contributed by atoms with Gasteiger partial charge in [-0.15, -0.1) is 0 Å². The van der Waals surface area contributed by atoms with Crippen molar-refractivity contribution in [3.05, 3.63) is 125 Å². The SMILES string of the molecule is Cc1cc(N2C(=S)N[C@@H](c3ccccn3)[C@H]2c2cc(C)n(-c3cccc4ccccc34)c2C)ccc1F. The quantitative estimate of drug-likeness (QED) is 0.260. The van der Waals surface area contributed by atoms with Crippen molar-refractivity contribution in [2.24, 2.45) is 0 Å². The van der Waals surface area contributed by atoms with Gasteiger partial charge in [0.25, 0.3) is 0 Å². The van der Waals surface area contributed by atoms with E-state index in [0.717, 1.165) is 34.0 Å². The number of halogens is 1. The first-order chi connectivity index (χ1) is 17.9. The van der Waals surface area contributed by atoms with Crippen LogP contribution in [-0.4, -0.2) is 14.7 Å². The average Bonchev–Trinajstić information content (AvgIpc) is 3.40. The molecule has 1 N–H and O–H groups in total. The van der Waals surface area contributed by atoms with Gasteiger partial charge in [-0.2, -0.15) is 0 Å². The Hall–Kier alpha value is -4.03. The number of pyridine rings is 1. The van der Waals surface area contributed by atoms with E-state index in [-0.39, 0.29) is 17.9 Å². The molecule has 184 valence electrons. The van der Waals surface area contributed by atoms with Gasteiger partial charge in [0.05, 0.1) is 23.5 Å². The third-order valence-corrected chi connectivity index (χ3v) is 7.63. The van der Waals surface area contributed by atoms with E-state index < -0.39 is 0 Å². The largest absolute Gasteiger partial charge is 0.351 e. The van der Waals surface area contributed by atoms with Crippen LogP contribution in [0.5, 0.6) is 0 Å². The molecule has 1 aliphatic heterocycles. The lowest BCUT2D eigenvalue weighted by molar-refractivity contribution is 0.564. The Bertz CT molecular complexity index is 1640. The van der Waals surface area contributed by atoms with E-state index in [9.17, 15) is 4.39 Å². The maximum atomic E-state index is 14.2. The van der Waals surface area contributed by atoms with Crippen molar-refractivity contribution in [1.29, 1.82) is 0 Å².